The highest BCUT2D eigenvalue weighted by Crippen LogP contribution is 2.54. The normalized spacial score (nSPS) is 17.8. The van der Waals surface area contributed by atoms with E-state index >= 15 is 26.3 Å². The van der Waals surface area contributed by atoms with Crippen LogP contribution in [0.1, 0.15) is 28.3 Å². The molecule has 2 aliphatic rings. The number of furan rings is 1. The molecule has 306 valence electrons. The first-order valence-corrected chi connectivity index (χ1v) is 19.1. The number of fused-ring (bicyclic) bond motifs is 3. The number of hydrogen-bond donors (Lipinski definition) is 1. The van der Waals surface area contributed by atoms with E-state index in [-0.39, 0.29) is 61.9 Å². The molecule has 9 rings (SSSR count). The Morgan fingerprint density at radius 2 is 1.21 bits per heavy atom. The molecule has 0 radical (unpaired) electrons. The average molecular weight is 829 g/mol. The topological polar surface area (TPSA) is 65.2 Å². The molecule has 2 atom stereocenters. The highest BCUT2D eigenvalue weighted by molar-refractivity contribution is 6.23. The number of benzene rings is 6. The lowest BCUT2D eigenvalue weighted by molar-refractivity contribution is -0.163. The summed E-state index contributed by atoms with van der Waals surface area (Å²) in [5.74, 6) is -1.71. The molecule has 1 N–H and O–H groups in total. The summed E-state index contributed by atoms with van der Waals surface area (Å²) in [6.07, 6.45) is -9.88. The monoisotopic (exact) mass is 828 g/mol. The number of ether oxygens (including phenoxy) is 3. The van der Waals surface area contributed by atoms with Crippen molar-refractivity contribution in [2.24, 2.45) is 10.9 Å². The molecule has 6 aromatic carbocycles. The number of nitrogens with zero attached hydrogens (tertiary/aromatic N) is 1. The molecule has 2 unspecified atom stereocenters. The second kappa shape index (κ2) is 15.4. The van der Waals surface area contributed by atoms with Crippen molar-refractivity contribution in [1.29, 1.82) is 0 Å². The summed E-state index contributed by atoms with van der Waals surface area (Å²) in [6.45, 7) is 0. The minimum atomic E-state index is -5.00. The van der Waals surface area contributed by atoms with Crippen LogP contribution in [0.4, 0.5) is 26.3 Å². The summed E-state index contributed by atoms with van der Waals surface area (Å²) in [4.78, 5) is 4.75. The van der Waals surface area contributed by atoms with Crippen molar-refractivity contribution in [3.8, 4) is 17.2 Å². The third-order valence-electron chi connectivity index (χ3n) is 10.8. The zero-order chi connectivity index (χ0) is 42.5. The number of halogens is 6. The van der Waals surface area contributed by atoms with Gasteiger partial charge in [-0.2, -0.15) is 26.3 Å². The summed E-state index contributed by atoms with van der Waals surface area (Å²) in [5, 5.41) is 4.50. The predicted molar refractivity (Wildman–Crippen MR) is 222 cm³/mol. The third-order valence-corrected chi connectivity index (χ3v) is 10.8. The Morgan fingerprint density at radius 1 is 0.623 bits per heavy atom. The Balaban J connectivity index is 1.41. The molecular formula is C49H34F6N2O4. The molecule has 0 fully saturated rings. The van der Waals surface area contributed by atoms with Gasteiger partial charge in [0.2, 0.25) is 0 Å². The Bertz CT molecular complexity index is 2890. The molecule has 7 aromatic rings. The Kier molecular flexibility index (Phi) is 9.93. The molecule has 6 nitrogen and oxygen atoms in total. The smallest absolute Gasteiger partial charge is 0.419 e. The van der Waals surface area contributed by atoms with Crippen molar-refractivity contribution >= 4 is 38.8 Å². The van der Waals surface area contributed by atoms with Gasteiger partial charge in [0.05, 0.1) is 37.2 Å². The lowest BCUT2D eigenvalue weighted by atomic mass is 9.85. The van der Waals surface area contributed by atoms with E-state index in [0.29, 0.717) is 22.5 Å². The van der Waals surface area contributed by atoms with Gasteiger partial charge in [-0.05, 0) is 65.2 Å². The van der Waals surface area contributed by atoms with Gasteiger partial charge in [0, 0.05) is 27.5 Å². The molecule has 1 aromatic heterocycles. The first-order valence-electron chi connectivity index (χ1n) is 19.1. The van der Waals surface area contributed by atoms with Crippen molar-refractivity contribution in [3.05, 3.63) is 197 Å². The summed E-state index contributed by atoms with van der Waals surface area (Å²) in [6, 6.07) is 38.6. The quantitative estimate of drug-likeness (QED) is 0.116. The largest absolute Gasteiger partial charge is 0.497 e. The first-order chi connectivity index (χ1) is 29.4. The van der Waals surface area contributed by atoms with Gasteiger partial charge in [0.25, 0.3) is 0 Å². The molecule has 0 spiro atoms. The fourth-order valence-electron chi connectivity index (χ4n) is 8.08. The number of aliphatic imine (C=N–C) groups is 1. The van der Waals surface area contributed by atoms with Crippen molar-refractivity contribution in [1.82, 2.24) is 5.32 Å². The van der Waals surface area contributed by atoms with E-state index in [1.165, 1.54) is 74.9 Å². The summed E-state index contributed by atoms with van der Waals surface area (Å²) < 4.78 is 119. The number of hydrogen-bond acceptors (Lipinski definition) is 6. The van der Waals surface area contributed by atoms with Gasteiger partial charge < -0.3 is 23.9 Å². The molecular weight excluding hydrogens is 795 g/mol. The maximum Gasteiger partial charge on any atom is 0.419 e. The molecule has 2 aliphatic heterocycles. The van der Waals surface area contributed by atoms with Gasteiger partial charge in [-0.3, -0.25) is 0 Å². The van der Waals surface area contributed by atoms with E-state index in [1.807, 2.05) is 12.1 Å². The molecule has 3 heterocycles. The lowest BCUT2D eigenvalue weighted by Crippen LogP contribution is -2.31. The molecule has 0 bridgehead atoms. The molecule has 12 heteroatoms. The third kappa shape index (κ3) is 7.17. The van der Waals surface area contributed by atoms with Gasteiger partial charge in [0.15, 0.2) is 17.1 Å². The van der Waals surface area contributed by atoms with Gasteiger partial charge in [-0.15, -0.1) is 0 Å². The van der Waals surface area contributed by atoms with Crippen LogP contribution in [0.3, 0.4) is 0 Å². The van der Waals surface area contributed by atoms with E-state index in [0.717, 1.165) is 5.39 Å². The van der Waals surface area contributed by atoms with E-state index < -0.39 is 35.6 Å². The fraction of sp³-hybridized carbons (Fsp3) is 0.122. The van der Waals surface area contributed by atoms with E-state index in [4.69, 9.17) is 23.6 Å². The average Bonchev–Trinajstić information content (AvgIpc) is 3.99. The first kappa shape index (κ1) is 39.3. The summed E-state index contributed by atoms with van der Waals surface area (Å²) in [7, 11) is 2.88. The predicted octanol–water partition coefficient (Wildman–Crippen LogP) is 12.6. The summed E-state index contributed by atoms with van der Waals surface area (Å²) in [5.41, 5.74) is -1.36. The molecule has 0 saturated heterocycles. The minimum Gasteiger partial charge on any atom is -0.497 e. The van der Waals surface area contributed by atoms with Gasteiger partial charge in [-0.25, -0.2) is 4.99 Å². The zero-order valence-corrected chi connectivity index (χ0v) is 32.4. The zero-order valence-electron chi connectivity index (χ0n) is 32.4. The van der Waals surface area contributed by atoms with Gasteiger partial charge >= 0.3 is 12.4 Å². The number of alkyl halides is 6. The Hall–Kier alpha value is -7.21. The number of methoxy groups -OCH3 is 2. The lowest BCUT2D eigenvalue weighted by Gasteiger charge is -2.25. The van der Waals surface area contributed by atoms with E-state index in [1.54, 1.807) is 78.9 Å². The van der Waals surface area contributed by atoms with Crippen LogP contribution in [0.15, 0.2) is 184 Å². The van der Waals surface area contributed by atoms with Crippen LogP contribution in [0.2, 0.25) is 0 Å². The SMILES string of the molecule is COc1ccc(C2=N/C(=C(/Oc3cccc4c3oc3ccccc34)C3=C(c4ccccc4)C(C(F)(F)F)C(c4ccc(OC)cc4)N3)C(c3ccccc3)=C2C(F)(F)F)cc1. The standard InChI is InChI=1S/C49H34F6N2O4/c1-58-32-24-20-30(21-25-32)42-40(48(50,51)52)38(28-12-5-3-6-13-28)44(56-42)47(61-37-19-11-17-35-34-16-9-10-18-36(34)60-46(35)37)45-39(29-14-7-4-8-15-29)41(49(53,54)55)43(57-45)31-22-26-33(59-2)27-23-31/h3-27,40,42,56H,1-2H3/b47-45+. The fourth-order valence-corrected chi connectivity index (χ4v) is 8.08. The number of nitrogens with one attached hydrogen (secondary N) is 1. The highest BCUT2D eigenvalue weighted by Gasteiger charge is 2.54. The highest BCUT2D eigenvalue weighted by atomic mass is 19.4. The number of rotatable bonds is 9. The number of allylic oxidation sites excluding steroid dienone is 2. The van der Waals surface area contributed by atoms with Crippen molar-refractivity contribution in [2.45, 2.75) is 18.4 Å². The number of para-hydroxylation sites is 2. The maximum atomic E-state index is 15.9. The van der Waals surface area contributed by atoms with Crippen LogP contribution in [-0.2, 0) is 0 Å². The maximum absolute atomic E-state index is 15.9. The van der Waals surface area contributed by atoms with Crippen LogP contribution < -0.4 is 19.5 Å². The van der Waals surface area contributed by atoms with E-state index in [2.05, 4.69) is 5.32 Å². The van der Waals surface area contributed by atoms with Crippen LogP contribution in [-0.4, -0.2) is 32.3 Å². The van der Waals surface area contributed by atoms with Crippen molar-refractivity contribution < 1.29 is 45.0 Å². The van der Waals surface area contributed by atoms with Crippen LogP contribution in [0.5, 0.6) is 17.2 Å². The Morgan fingerprint density at radius 3 is 1.84 bits per heavy atom. The van der Waals surface area contributed by atoms with E-state index in [9.17, 15) is 0 Å². The van der Waals surface area contributed by atoms with Crippen LogP contribution >= 0.6 is 0 Å². The Labute approximate surface area is 345 Å². The second-order valence-electron chi connectivity index (χ2n) is 14.4. The van der Waals surface area contributed by atoms with Gasteiger partial charge in [0.1, 0.15) is 28.7 Å². The van der Waals surface area contributed by atoms with Gasteiger partial charge in [-0.1, -0.05) is 103 Å². The van der Waals surface area contributed by atoms with Crippen molar-refractivity contribution in [3.63, 3.8) is 0 Å². The molecule has 61 heavy (non-hydrogen) atoms. The summed E-state index contributed by atoms with van der Waals surface area (Å²) >= 11 is 0. The minimum absolute atomic E-state index is 0.0448. The second-order valence-corrected chi connectivity index (χ2v) is 14.4. The molecule has 0 amide bonds. The molecule has 0 saturated carbocycles. The molecule has 0 aliphatic carbocycles. The van der Waals surface area contributed by atoms with Crippen LogP contribution in [0, 0.1) is 5.92 Å². The van der Waals surface area contributed by atoms with Crippen molar-refractivity contribution in [2.75, 3.05) is 14.2 Å². The van der Waals surface area contributed by atoms with Crippen LogP contribution in [0.25, 0.3) is 33.1 Å².